The molecular weight excluding hydrogens is 427 g/mol. The predicted octanol–water partition coefficient (Wildman–Crippen LogP) is 2.68. The number of hydrogen-bond donors (Lipinski definition) is 3. The van der Waals surface area contributed by atoms with Crippen molar-refractivity contribution in [2.45, 2.75) is 38.3 Å². The molecule has 2 rings (SSSR count). The number of benzene rings is 1. The molecule has 0 atom stereocenters. The van der Waals surface area contributed by atoms with Crippen molar-refractivity contribution in [2.24, 2.45) is 4.99 Å². The average molecular weight is 451 g/mol. The molecule has 1 amide bonds. The van der Waals surface area contributed by atoms with E-state index in [1.165, 1.54) is 0 Å². The van der Waals surface area contributed by atoms with E-state index in [9.17, 15) is 4.79 Å². The highest BCUT2D eigenvalue weighted by Crippen LogP contribution is 2.18. The maximum absolute atomic E-state index is 11.6. The summed E-state index contributed by atoms with van der Waals surface area (Å²) < 4.78 is 0. The summed E-state index contributed by atoms with van der Waals surface area (Å²) in [5, 5.41) is 10.1. The second-order valence-corrected chi connectivity index (χ2v) is 5.86. The molecule has 0 aromatic heterocycles. The first-order valence-electron chi connectivity index (χ1n) is 7.65. The van der Waals surface area contributed by atoms with Crippen molar-refractivity contribution in [3.63, 3.8) is 0 Å². The van der Waals surface area contributed by atoms with Gasteiger partial charge in [0.05, 0.1) is 0 Å². The van der Waals surface area contributed by atoms with Crippen molar-refractivity contribution in [3.8, 4) is 0 Å². The third-order valence-corrected chi connectivity index (χ3v) is 3.62. The third-order valence-electron chi connectivity index (χ3n) is 3.39. The largest absolute Gasteiger partial charge is 0.356 e. The fourth-order valence-corrected chi connectivity index (χ4v) is 2.25. The molecule has 0 spiro atoms. The Kier molecular flexibility index (Phi) is 9.31. The van der Waals surface area contributed by atoms with E-state index in [0.29, 0.717) is 25.6 Å². The molecule has 128 valence electrons. The van der Waals surface area contributed by atoms with Gasteiger partial charge in [0, 0.05) is 37.6 Å². The van der Waals surface area contributed by atoms with Crippen LogP contribution in [0.1, 0.15) is 31.2 Å². The summed E-state index contributed by atoms with van der Waals surface area (Å²) in [5.74, 6) is 0.869. The molecule has 0 aliphatic heterocycles. The molecule has 1 aromatic rings. The lowest BCUT2D eigenvalue weighted by molar-refractivity contribution is -0.121. The summed E-state index contributed by atoms with van der Waals surface area (Å²) >= 11 is 5.95. The Labute approximate surface area is 159 Å². The van der Waals surface area contributed by atoms with E-state index < -0.39 is 0 Å². The minimum atomic E-state index is 0. The highest BCUT2D eigenvalue weighted by atomic mass is 127. The number of halogens is 2. The monoisotopic (exact) mass is 450 g/mol. The Morgan fingerprint density at radius 2 is 2.13 bits per heavy atom. The van der Waals surface area contributed by atoms with E-state index in [-0.39, 0.29) is 29.9 Å². The highest BCUT2D eigenvalue weighted by molar-refractivity contribution is 14.0. The van der Waals surface area contributed by atoms with Crippen LogP contribution in [0.15, 0.2) is 29.3 Å². The van der Waals surface area contributed by atoms with Crippen LogP contribution < -0.4 is 16.0 Å². The maximum Gasteiger partial charge on any atom is 0.220 e. The smallest absolute Gasteiger partial charge is 0.220 e. The molecule has 0 unspecified atom stereocenters. The number of hydrogen-bond acceptors (Lipinski definition) is 2. The van der Waals surface area contributed by atoms with Gasteiger partial charge in [0.15, 0.2) is 5.96 Å². The van der Waals surface area contributed by atoms with Crippen LogP contribution in [-0.2, 0) is 11.3 Å². The molecule has 1 aliphatic carbocycles. The Morgan fingerprint density at radius 1 is 1.35 bits per heavy atom. The lowest BCUT2D eigenvalue weighted by Crippen LogP contribution is -2.37. The summed E-state index contributed by atoms with van der Waals surface area (Å²) in [6.07, 6.45) is 3.60. The third kappa shape index (κ3) is 8.41. The predicted molar refractivity (Wildman–Crippen MR) is 105 cm³/mol. The van der Waals surface area contributed by atoms with Gasteiger partial charge in [-0.3, -0.25) is 9.79 Å². The lowest BCUT2D eigenvalue weighted by atomic mass is 10.2. The molecule has 7 heteroatoms. The summed E-state index contributed by atoms with van der Waals surface area (Å²) in [7, 11) is 1.73. The van der Waals surface area contributed by atoms with Crippen molar-refractivity contribution in [1.29, 1.82) is 0 Å². The van der Waals surface area contributed by atoms with Crippen LogP contribution in [0, 0.1) is 0 Å². The second kappa shape index (κ2) is 10.7. The van der Waals surface area contributed by atoms with E-state index in [1.54, 1.807) is 7.05 Å². The van der Waals surface area contributed by atoms with Crippen LogP contribution in [0.3, 0.4) is 0 Å². The Balaban J connectivity index is 0.00000264. The Bertz CT molecular complexity index is 535. The zero-order chi connectivity index (χ0) is 15.8. The van der Waals surface area contributed by atoms with Crippen LogP contribution in [-0.4, -0.2) is 31.5 Å². The number of aliphatic imine (C=N–C) groups is 1. The van der Waals surface area contributed by atoms with Crippen molar-refractivity contribution >= 4 is 47.4 Å². The first-order valence-corrected chi connectivity index (χ1v) is 8.03. The molecule has 1 aromatic carbocycles. The molecule has 1 saturated carbocycles. The molecule has 1 aliphatic rings. The van der Waals surface area contributed by atoms with Crippen molar-refractivity contribution in [2.75, 3.05) is 13.6 Å². The summed E-state index contributed by atoms with van der Waals surface area (Å²) in [6, 6.07) is 8.14. The standard InChI is InChI=1S/C16H23ClN4O.HI/c1-18-16(20-11-12-4-2-5-13(17)10-12)19-9-3-6-15(22)21-14-7-8-14;/h2,4-5,10,14H,3,6-9,11H2,1H3,(H,21,22)(H2,18,19,20);1H. The fraction of sp³-hybridized carbons (Fsp3) is 0.500. The highest BCUT2D eigenvalue weighted by Gasteiger charge is 2.22. The molecule has 5 nitrogen and oxygen atoms in total. The number of nitrogens with one attached hydrogen (secondary N) is 3. The van der Waals surface area contributed by atoms with Gasteiger partial charge in [0.2, 0.25) is 5.91 Å². The van der Waals surface area contributed by atoms with Crippen LogP contribution in [0.25, 0.3) is 0 Å². The Hall–Kier alpha value is -1.02. The zero-order valence-corrected chi connectivity index (χ0v) is 16.4. The van der Waals surface area contributed by atoms with Gasteiger partial charge in [-0.25, -0.2) is 0 Å². The molecule has 0 bridgehead atoms. The van der Waals surface area contributed by atoms with Crippen molar-refractivity contribution in [1.82, 2.24) is 16.0 Å². The maximum atomic E-state index is 11.6. The number of nitrogens with zero attached hydrogens (tertiary/aromatic N) is 1. The van der Waals surface area contributed by atoms with Crippen LogP contribution in [0.2, 0.25) is 5.02 Å². The number of amides is 1. The summed E-state index contributed by atoms with van der Waals surface area (Å²) in [4.78, 5) is 15.7. The van der Waals surface area contributed by atoms with Gasteiger partial charge < -0.3 is 16.0 Å². The van der Waals surface area contributed by atoms with E-state index in [4.69, 9.17) is 11.6 Å². The van der Waals surface area contributed by atoms with Crippen LogP contribution in [0.5, 0.6) is 0 Å². The van der Waals surface area contributed by atoms with Crippen LogP contribution >= 0.6 is 35.6 Å². The van der Waals surface area contributed by atoms with E-state index in [0.717, 1.165) is 35.8 Å². The lowest BCUT2D eigenvalue weighted by Gasteiger charge is -2.12. The fourth-order valence-electron chi connectivity index (χ4n) is 2.04. The zero-order valence-electron chi connectivity index (χ0n) is 13.3. The van der Waals surface area contributed by atoms with E-state index in [2.05, 4.69) is 20.9 Å². The number of rotatable bonds is 7. The van der Waals surface area contributed by atoms with Gasteiger partial charge in [0.25, 0.3) is 0 Å². The van der Waals surface area contributed by atoms with Crippen molar-refractivity contribution < 1.29 is 4.79 Å². The first kappa shape index (κ1) is 20.0. The van der Waals surface area contributed by atoms with Gasteiger partial charge >= 0.3 is 0 Å². The van der Waals surface area contributed by atoms with Gasteiger partial charge in [-0.2, -0.15) is 0 Å². The summed E-state index contributed by atoms with van der Waals surface area (Å²) in [5.41, 5.74) is 1.10. The van der Waals surface area contributed by atoms with Crippen molar-refractivity contribution in [3.05, 3.63) is 34.9 Å². The second-order valence-electron chi connectivity index (χ2n) is 5.43. The number of carbonyl (C=O) groups excluding carboxylic acids is 1. The van der Waals surface area contributed by atoms with Crippen LogP contribution in [0.4, 0.5) is 0 Å². The number of carbonyl (C=O) groups is 1. The SMILES string of the molecule is CN=C(NCCCC(=O)NC1CC1)NCc1cccc(Cl)c1.I. The molecule has 0 radical (unpaired) electrons. The van der Waals surface area contributed by atoms with E-state index >= 15 is 0 Å². The first-order chi connectivity index (χ1) is 10.7. The van der Waals surface area contributed by atoms with E-state index in [1.807, 2.05) is 24.3 Å². The molecule has 3 N–H and O–H groups in total. The number of guanidine groups is 1. The van der Waals surface area contributed by atoms with Gasteiger partial charge in [-0.15, -0.1) is 24.0 Å². The molecule has 23 heavy (non-hydrogen) atoms. The minimum absolute atomic E-state index is 0. The van der Waals surface area contributed by atoms with Gasteiger partial charge in [-0.05, 0) is 37.0 Å². The molecule has 1 fully saturated rings. The molecule has 0 saturated heterocycles. The quantitative estimate of drug-likeness (QED) is 0.259. The Morgan fingerprint density at radius 3 is 2.78 bits per heavy atom. The summed E-state index contributed by atoms with van der Waals surface area (Å²) in [6.45, 7) is 1.37. The molecule has 0 heterocycles. The minimum Gasteiger partial charge on any atom is -0.356 e. The topological polar surface area (TPSA) is 65.5 Å². The normalized spacial score (nSPS) is 13.9. The average Bonchev–Trinajstić information content (AvgIpc) is 3.30. The molecular formula is C16H24ClIN4O. The van der Waals surface area contributed by atoms with Gasteiger partial charge in [0.1, 0.15) is 0 Å². The van der Waals surface area contributed by atoms with Gasteiger partial charge in [-0.1, -0.05) is 23.7 Å².